The van der Waals surface area contributed by atoms with E-state index in [9.17, 15) is 13.2 Å². The second kappa shape index (κ2) is 8.33. The van der Waals surface area contributed by atoms with Crippen molar-refractivity contribution >= 4 is 15.9 Å². The van der Waals surface area contributed by atoms with Crippen LogP contribution in [0.2, 0.25) is 0 Å². The summed E-state index contributed by atoms with van der Waals surface area (Å²) in [7, 11) is -0.447. The molecule has 0 aromatic heterocycles. The molecule has 2 aromatic carbocycles. The third-order valence-corrected chi connectivity index (χ3v) is 6.20. The van der Waals surface area contributed by atoms with Gasteiger partial charge in [0.05, 0.1) is 12.0 Å². The Balaban J connectivity index is 2.09. The van der Waals surface area contributed by atoms with Crippen molar-refractivity contribution in [1.29, 1.82) is 0 Å². The lowest BCUT2D eigenvalue weighted by Gasteiger charge is -2.21. The van der Waals surface area contributed by atoms with Gasteiger partial charge in [0.2, 0.25) is 10.0 Å². The van der Waals surface area contributed by atoms with Crippen LogP contribution in [-0.4, -0.2) is 38.8 Å². The molecule has 0 unspecified atom stereocenters. The summed E-state index contributed by atoms with van der Waals surface area (Å²) in [5.41, 5.74) is 1.26. The number of nitrogens with zero attached hydrogens (tertiary/aromatic N) is 1. The summed E-state index contributed by atoms with van der Waals surface area (Å²) in [4.78, 5) is 12.5. The maximum atomic E-state index is 12.4. The fraction of sp³-hybridized carbons (Fsp3) is 0.316. The summed E-state index contributed by atoms with van der Waals surface area (Å²) < 4.78 is 31.4. The van der Waals surface area contributed by atoms with Crippen LogP contribution in [0.25, 0.3) is 0 Å². The summed E-state index contributed by atoms with van der Waals surface area (Å²) in [6, 6.07) is 13.2. The first kappa shape index (κ1) is 19.9. The van der Waals surface area contributed by atoms with Crippen molar-refractivity contribution in [2.75, 3.05) is 14.2 Å². The minimum Gasteiger partial charge on any atom is -0.496 e. The van der Waals surface area contributed by atoms with Crippen molar-refractivity contribution in [3.05, 3.63) is 59.7 Å². The van der Waals surface area contributed by atoms with Crippen LogP contribution in [-0.2, 0) is 16.6 Å². The molecule has 0 aliphatic carbocycles. The third-order valence-electron chi connectivity index (χ3n) is 4.15. The Labute approximate surface area is 154 Å². The molecule has 7 heteroatoms. The molecular weight excluding hydrogens is 352 g/mol. The van der Waals surface area contributed by atoms with Gasteiger partial charge in [0, 0.05) is 30.8 Å². The predicted octanol–water partition coefficient (Wildman–Crippen LogP) is 2.65. The van der Waals surface area contributed by atoms with E-state index in [4.69, 9.17) is 4.74 Å². The lowest BCUT2D eigenvalue weighted by molar-refractivity contribution is 0.0950. The van der Waals surface area contributed by atoms with E-state index in [-0.39, 0.29) is 16.8 Å². The minimum absolute atomic E-state index is 0.149. The van der Waals surface area contributed by atoms with E-state index in [2.05, 4.69) is 5.32 Å². The molecule has 1 N–H and O–H groups in total. The number of carbonyl (C=O) groups is 1. The van der Waals surface area contributed by atoms with E-state index in [0.717, 1.165) is 5.56 Å². The average Bonchev–Trinajstić information content (AvgIpc) is 2.65. The van der Waals surface area contributed by atoms with Crippen molar-refractivity contribution in [2.45, 2.75) is 31.3 Å². The standard InChI is InChI=1S/C19H24N2O4S/c1-14(2)21(3)26(23,24)17-11-9-15(10-12-17)19(22)20-13-16-7-5-6-8-18(16)25-4/h5-12,14H,13H2,1-4H3,(H,20,22). The number of para-hydroxylation sites is 1. The smallest absolute Gasteiger partial charge is 0.251 e. The number of hydrogen-bond acceptors (Lipinski definition) is 4. The van der Waals surface area contributed by atoms with E-state index in [1.54, 1.807) is 21.0 Å². The van der Waals surface area contributed by atoms with E-state index >= 15 is 0 Å². The summed E-state index contributed by atoms with van der Waals surface area (Å²) in [5, 5.41) is 2.81. The van der Waals surface area contributed by atoms with Gasteiger partial charge in [-0.1, -0.05) is 18.2 Å². The Morgan fingerprint density at radius 1 is 1.12 bits per heavy atom. The Bertz CT molecular complexity index is 861. The fourth-order valence-electron chi connectivity index (χ4n) is 2.35. The molecule has 0 aliphatic rings. The summed E-state index contributed by atoms with van der Waals surface area (Å²) in [5.74, 6) is 0.419. The number of nitrogens with one attached hydrogen (secondary N) is 1. The lowest BCUT2D eigenvalue weighted by atomic mass is 10.2. The van der Waals surface area contributed by atoms with E-state index in [0.29, 0.717) is 17.9 Å². The van der Waals surface area contributed by atoms with Crippen molar-refractivity contribution < 1.29 is 17.9 Å². The van der Waals surface area contributed by atoms with Gasteiger partial charge in [-0.2, -0.15) is 4.31 Å². The normalized spacial score (nSPS) is 11.6. The van der Waals surface area contributed by atoms with Gasteiger partial charge in [-0.3, -0.25) is 4.79 Å². The monoisotopic (exact) mass is 376 g/mol. The molecule has 0 saturated carbocycles. The quantitative estimate of drug-likeness (QED) is 0.806. The molecule has 0 radical (unpaired) electrons. The molecule has 0 fully saturated rings. The number of amides is 1. The molecule has 26 heavy (non-hydrogen) atoms. The van der Waals surface area contributed by atoms with Gasteiger partial charge in [0.25, 0.3) is 5.91 Å². The topological polar surface area (TPSA) is 75.7 Å². The predicted molar refractivity (Wildman–Crippen MR) is 101 cm³/mol. The molecule has 0 heterocycles. The van der Waals surface area contributed by atoms with Crippen molar-refractivity contribution in [3.63, 3.8) is 0 Å². The van der Waals surface area contributed by atoms with Crippen molar-refractivity contribution in [1.82, 2.24) is 9.62 Å². The number of rotatable bonds is 7. The van der Waals surface area contributed by atoms with Gasteiger partial charge in [-0.05, 0) is 44.2 Å². The highest BCUT2D eigenvalue weighted by Crippen LogP contribution is 2.18. The zero-order chi connectivity index (χ0) is 19.3. The molecule has 1 amide bonds. The zero-order valence-electron chi connectivity index (χ0n) is 15.4. The lowest BCUT2D eigenvalue weighted by Crippen LogP contribution is -2.33. The van der Waals surface area contributed by atoms with Gasteiger partial charge >= 0.3 is 0 Å². The first-order chi connectivity index (χ1) is 12.3. The number of sulfonamides is 1. The fourth-order valence-corrected chi connectivity index (χ4v) is 3.72. The highest BCUT2D eigenvalue weighted by molar-refractivity contribution is 7.89. The molecular formula is C19H24N2O4S. The number of benzene rings is 2. The van der Waals surface area contributed by atoms with Gasteiger partial charge in [0.1, 0.15) is 5.75 Å². The second-order valence-electron chi connectivity index (χ2n) is 6.13. The van der Waals surface area contributed by atoms with Crippen LogP contribution in [0.1, 0.15) is 29.8 Å². The molecule has 6 nitrogen and oxygen atoms in total. The maximum absolute atomic E-state index is 12.4. The van der Waals surface area contributed by atoms with Gasteiger partial charge in [0.15, 0.2) is 0 Å². The largest absolute Gasteiger partial charge is 0.496 e. The van der Waals surface area contributed by atoms with Crippen LogP contribution in [0.4, 0.5) is 0 Å². The molecule has 0 aliphatic heterocycles. The van der Waals surface area contributed by atoms with Gasteiger partial charge in [-0.15, -0.1) is 0 Å². The first-order valence-corrected chi connectivity index (χ1v) is 9.69. The Morgan fingerprint density at radius 3 is 2.31 bits per heavy atom. The average molecular weight is 376 g/mol. The minimum atomic E-state index is -3.56. The SMILES string of the molecule is COc1ccccc1CNC(=O)c1ccc(S(=O)(=O)N(C)C(C)C)cc1. The number of ether oxygens (including phenoxy) is 1. The number of carbonyl (C=O) groups excluding carboxylic acids is 1. The first-order valence-electron chi connectivity index (χ1n) is 8.25. The molecule has 0 spiro atoms. The Kier molecular flexibility index (Phi) is 6.39. The Hall–Kier alpha value is -2.38. The van der Waals surface area contributed by atoms with Crippen LogP contribution in [0.15, 0.2) is 53.4 Å². The molecule has 2 aromatic rings. The van der Waals surface area contributed by atoms with Crippen LogP contribution >= 0.6 is 0 Å². The van der Waals surface area contributed by atoms with Crippen LogP contribution < -0.4 is 10.1 Å². The van der Waals surface area contributed by atoms with E-state index in [1.807, 2.05) is 24.3 Å². The van der Waals surface area contributed by atoms with E-state index < -0.39 is 10.0 Å². The van der Waals surface area contributed by atoms with Crippen LogP contribution in [0, 0.1) is 0 Å². The number of methoxy groups -OCH3 is 1. The maximum Gasteiger partial charge on any atom is 0.251 e. The highest BCUT2D eigenvalue weighted by Gasteiger charge is 2.23. The summed E-state index contributed by atoms with van der Waals surface area (Å²) in [6.45, 7) is 3.92. The van der Waals surface area contributed by atoms with Crippen molar-refractivity contribution in [3.8, 4) is 5.75 Å². The van der Waals surface area contributed by atoms with Crippen molar-refractivity contribution in [2.24, 2.45) is 0 Å². The third kappa shape index (κ3) is 4.42. The number of hydrogen-bond donors (Lipinski definition) is 1. The Morgan fingerprint density at radius 2 is 1.73 bits per heavy atom. The molecule has 0 saturated heterocycles. The second-order valence-corrected chi connectivity index (χ2v) is 8.13. The van der Waals surface area contributed by atoms with Gasteiger partial charge < -0.3 is 10.1 Å². The molecule has 140 valence electrons. The zero-order valence-corrected chi connectivity index (χ0v) is 16.2. The van der Waals surface area contributed by atoms with Crippen LogP contribution in [0.5, 0.6) is 5.75 Å². The van der Waals surface area contributed by atoms with Gasteiger partial charge in [-0.25, -0.2) is 8.42 Å². The molecule has 0 bridgehead atoms. The summed E-state index contributed by atoms with van der Waals surface area (Å²) in [6.07, 6.45) is 0. The molecule has 0 atom stereocenters. The van der Waals surface area contributed by atoms with E-state index in [1.165, 1.54) is 35.6 Å². The van der Waals surface area contributed by atoms with Crippen LogP contribution in [0.3, 0.4) is 0 Å². The summed E-state index contributed by atoms with van der Waals surface area (Å²) >= 11 is 0. The molecule has 2 rings (SSSR count). The highest BCUT2D eigenvalue weighted by atomic mass is 32.2.